The molecule has 2 fully saturated rings. The highest BCUT2D eigenvalue weighted by Crippen LogP contribution is 2.46. The largest absolute Gasteiger partial charge is 0.508 e. The number of phenols is 1. The third-order valence-electron chi connectivity index (χ3n) is 6.93. The molecule has 0 radical (unpaired) electrons. The predicted octanol–water partition coefficient (Wildman–Crippen LogP) is -0.624. The van der Waals surface area contributed by atoms with Crippen molar-refractivity contribution in [2.24, 2.45) is 17.8 Å². The number of esters is 1. The van der Waals surface area contributed by atoms with Gasteiger partial charge in [-0.2, -0.15) is 0 Å². The molecular weight excluding hydrogens is 464 g/mol. The second-order valence-electron chi connectivity index (χ2n) is 9.11. The Morgan fingerprint density at radius 1 is 1.09 bits per heavy atom. The van der Waals surface area contributed by atoms with Gasteiger partial charge in [-0.1, -0.05) is 19.1 Å². The minimum Gasteiger partial charge on any atom is -0.508 e. The molecule has 192 valence electrons. The maximum absolute atomic E-state index is 12.8. The van der Waals surface area contributed by atoms with E-state index in [0.29, 0.717) is 6.42 Å². The van der Waals surface area contributed by atoms with Gasteiger partial charge < -0.3 is 44.5 Å². The van der Waals surface area contributed by atoms with E-state index >= 15 is 0 Å². The lowest BCUT2D eigenvalue weighted by atomic mass is 9.83. The highest BCUT2D eigenvalue weighted by atomic mass is 16.8. The number of benzene rings is 1. The number of carbonyl (C=O) groups is 2. The number of ketones is 1. The number of Topliss-reactive ketones (excluding diaryl/α,β-unsaturated/α-hetero) is 1. The SMILES string of the molecule is C[C@H]1C(=O)C[C@@H]2C(C(=O)OCCc3ccc(O)cc3)=CO[C@H](O[C@H]3O[C@H](CO)[C@H](O)[C@H](O)[C@H]3O)[C@@H]21. The first-order valence-electron chi connectivity index (χ1n) is 11.5. The Kier molecular flexibility index (Phi) is 7.74. The van der Waals surface area contributed by atoms with Gasteiger partial charge in [0.2, 0.25) is 6.29 Å². The van der Waals surface area contributed by atoms with Gasteiger partial charge in [-0.15, -0.1) is 0 Å². The molecule has 0 spiro atoms. The fourth-order valence-corrected chi connectivity index (χ4v) is 4.80. The van der Waals surface area contributed by atoms with E-state index in [1.807, 2.05) is 0 Å². The van der Waals surface area contributed by atoms with Crippen molar-refractivity contribution >= 4 is 11.8 Å². The molecule has 2 aliphatic heterocycles. The predicted molar refractivity (Wildman–Crippen MR) is 116 cm³/mol. The fraction of sp³-hybridized carbons (Fsp3) is 0.583. The third kappa shape index (κ3) is 5.20. The highest BCUT2D eigenvalue weighted by Gasteiger charge is 2.53. The molecule has 1 saturated carbocycles. The van der Waals surface area contributed by atoms with Gasteiger partial charge in [-0.3, -0.25) is 4.79 Å². The first-order valence-corrected chi connectivity index (χ1v) is 11.5. The molecule has 35 heavy (non-hydrogen) atoms. The van der Waals surface area contributed by atoms with E-state index in [4.69, 9.17) is 18.9 Å². The monoisotopic (exact) mass is 494 g/mol. The maximum Gasteiger partial charge on any atom is 0.337 e. The summed E-state index contributed by atoms with van der Waals surface area (Å²) in [6.45, 7) is 1.17. The summed E-state index contributed by atoms with van der Waals surface area (Å²) in [4.78, 5) is 25.3. The van der Waals surface area contributed by atoms with Crippen molar-refractivity contribution in [1.29, 1.82) is 0 Å². The summed E-state index contributed by atoms with van der Waals surface area (Å²) in [6, 6.07) is 6.53. The number of hydrogen-bond donors (Lipinski definition) is 5. The zero-order valence-electron chi connectivity index (χ0n) is 19.1. The molecule has 11 nitrogen and oxygen atoms in total. The molecule has 1 aromatic carbocycles. The Labute approximate surface area is 201 Å². The average molecular weight is 494 g/mol. The van der Waals surface area contributed by atoms with E-state index < -0.39 is 67.3 Å². The Morgan fingerprint density at radius 2 is 1.80 bits per heavy atom. The number of hydrogen-bond acceptors (Lipinski definition) is 11. The third-order valence-corrected chi connectivity index (χ3v) is 6.93. The van der Waals surface area contributed by atoms with Gasteiger partial charge in [-0.05, 0) is 17.7 Å². The second kappa shape index (κ2) is 10.6. The van der Waals surface area contributed by atoms with Crippen molar-refractivity contribution in [3.63, 3.8) is 0 Å². The lowest BCUT2D eigenvalue weighted by Crippen LogP contribution is -2.60. The van der Waals surface area contributed by atoms with Crippen LogP contribution in [0.4, 0.5) is 0 Å². The summed E-state index contributed by atoms with van der Waals surface area (Å²) in [5.41, 5.74) is 1.08. The lowest BCUT2D eigenvalue weighted by Gasteiger charge is -2.42. The zero-order chi connectivity index (χ0) is 25.3. The Balaban J connectivity index is 1.43. The second-order valence-corrected chi connectivity index (χ2v) is 9.11. The first-order chi connectivity index (χ1) is 16.7. The molecule has 9 atom stereocenters. The number of rotatable bonds is 7. The smallest absolute Gasteiger partial charge is 0.337 e. The number of fused-ring (bicyclic) bond motifs is 1. The number of ether oxygens (including phenoxy) is 4. The number of aromatic hydroxyl groups is 1. The van der Waals surface area contributed by atoms with Gasteiger partial charge in [0.15, 0.2) is 6.29 Å². The van der Waals surface area contributed by atoms with Crippen molar-refractivity contribution in [3.05, 3.63) is 41.7 Å². The van der Waals surface area contributed by atoms with Gasteiger partial charge in [0.1, 0.15) is 35.9 Å². The standard InChI is InChI=1S/C24H30O11/c1-11-16(27)8-14-15(22(31)32-7-6-12-2-4-13(26)5-3-12)10-33-23(18(11)14)35-24-21(30)20(29)19(28)17(9-25)34-24/h2-5,10-11,14,17-21,23-26,28-30H,6-9H2,1H3/t11-,14+,17+,18+,19-,20-,21+,23+,24+/m0/s1. The van der Waals surface area contributed by atoms with Crippen LogP contribution in [0.3, 0.4) is 0 Å². The summed E-state index contributed by atoms with van der Waals surface area (Å²) >= 11 is 0. The van der Waals surface area contributed by atoms with E-state index in [1.54, 1.807) is 31.2 Å². The molecule has 2 heterocycles. The Morgan fingerprint density at radius 3 is 2.49 bits per heavy atom. The zero-order valence-corrected chi connectivity index (χ0v) is 19.1. The molecular formula is C24H30O11. The van der Waals surface area contributed by atoms with Crippen molar-refractivity contribution in [2.45, 2.75) is 56.8 Å². The van der Waals surface area contributed by atoms with Crippen LogP contribution in [0.5, 0.6) is 5.75 Å². The Bertz CT molecular complexity index is 943. The van der Waals surface area contributed by atoms with Crippen molar-refractivity contribution in [3.8, 4) is 5.75 Å². The van der Waals surface area contributed by atoms with Crippen LogP contribution in [0.2, 0.25) is 0 Å². The van der Waals surface area contributed by atoms with Crippen molar-refractivity contribution in [2.75, 3.05) is 13.2 Å². The molecule has 11 heteroatoms. The van der Waals surface area contributed by atoms with E-state index in [2.05, 4.69) is 0 Å². The van der Waals surface area contributed by atoms with E-state index in [1.165, 1.54) is 6.26 Å². The van der Waals surface area contributed by atoms with Crippen LogP contribution < -0.4 is 0 Å². The molecule has 3 aliphatic rings. The van der Waals surface area contributed by atoms with Crippen LogP contribution in [-0.4, -0.2) is 87.5 Å². The van der Waals surface area contributed by atoms with Gasteiger partial charge >= 0.3 is 5.97 Å². The summed E-state index contributed by atoms with van der Waals surface area (Å²) < 4.78 is 22.2. The van der Waals surface area contributed by atoms with Gasteiger partial charge in [-0.25, -0.2) is 4.79 Å². The van der Waals surface area contributed by atoms with Crippen LogP contribution in [0.1, 0.15) is 18.9 Å². The van der Waals surface area contributed by atoms with Gasteiger partial charge in [0.25, 0.3) is 0 Å². The molecule has 4 rings (SSSR count). The van der Waals surface area contributed by atoms with E-state index in [-0.39, 0.29) is 30.1 Å². The summed E-state index contributed by atoms with van der Waals surface area (Å²) in [5.74, 6) is -2.21. The van der Waals surface area contributed by atoms with E-state index in [0.717, 1.165) is 5.56 Å². The molecule has 5 N–H and O–H groups in total. The van der Waals surface area contributed by atoms with Crippen LogP contribution in [0, 0.1) is 17.8 Å². The fourth-order valence-electron chi connectivity index (χ4n) is 4.80. The van der Waals surface area contributed by atoms with Crippen molar-refractivity contribution < 1.29 is 54.1 Å². The minimum absolute atomic E-state index is 0.0859. The van der Waals surface area contributed by atoms with E-state index in [9.17, 15) is 35.1 Å². The molecule has 0 bridgehead atoms. The summed E-state index contributed by atoms with van der Waals surface area (Å²) in [7, 11) is 0. The quantitative estimate of drug-likeness (QED) is 0.306. The average Bonchev–Trinajstić information content (AvgIpc) is 3.15. The molecule has 1 saturated heterocycles. The number of aliphatic hydroxyl groups excluding tert-OH is 4. The van der Waals surface area contributed by atoms with Crippen LogP contribution in [0.25, 0.3) is 0 Å². The summed E-state index contributed by atoms with van der Waals surface area (Å²) in [6.07, 6.45) is -6.76. The molecule has 1 aliphatic carbocycles. The topological polar surface area (TPSA) is 172 Å². The lowest BCUT2D eigenvalue weighted by molar-refractivity contribution is -0.342. The highest BCUT2D eigenvalue weighted by molar-refractivity contribution is 5.93. The van der Waals surface area contributed by atoms with Gasteiger partial charge in [0, 0.05) is 30.6 Å². The van der Waals surface area contributed by atoms with Crippen molar-refractivity contribution in [1.82, 2.24) is 0 Å². The number of carbonyl (C=O) groups excluding carboxylic acids is 2. The first kappa shape index (κ1) is 25.5. The van der Waals surface area contributed by atoms with Crippen LogP contribution >= 0.6 is 0 Å². The number of aliphatic hydroxyl groups is 4. The molecule has 1 aromatic rings. The number of phenolic OH excluding ortho intramolecular Hbond substituents is 1. The normalized spacial score (nSPS) is 36.8. The molecule has 0 aromatic heterocycles. The maximum atomic E-state index is 12.8. The molecule has 0 unspecified atom stereocenters. The minimum atomic E-state index is -1.63. The summed E-state index contributed by atoms with van der Waals surface area (Å²) in [5, 5.41) is 49.0. The Hall–Kier alpha value is -2.54. The van der Waals surface area contributed by atoms with Crippen LogP contribution in [-0.2, 0) is 35.0 Å². The van der Waals surface area contributed by atoms with Gasteiger partial charge in [0.05, 0.1) is 25.0 Å². The van der Waals surface area contributed by atoms with Crippen LogP contribution in [0.15, 0.2) is 36.1 Å². The molecule has 0 amide bonds.